The SMILES string of the molecule is N#Cc1ccc(NC(=O)C2C3CCCC32)c(Cl)c1. The van der Waals surface area contributed by atoms with Crippen molar-refractivity contribution in [2.24, 2.45) is 17.8 Å². The van der Waals surface area contributed by atoms with Crippen LogP contribution in [0.25, 0.3) is 0 Å². The molecule has 1 aromatic carbocycles. The van der Waals surface area contributed by atoms with Crippen LogP contribution in [0, 0.1) is 29.1 Å². The molecule has 4 heteroatoms. The van der Waals surface area contributed by atoms with Gasteiger partial charge in [-0.2, -0.15) is 5.26 Å². The zero-order valence-corrected chi connectivity index (χ0v) is 10.6. The number of nitrogens with zero attached hydrogens (tertiary/aromatic N) is 1. The Bertz CT molecular complexity index is 539. The van der Waals surface area contributed by atoms with E-state index in [0.717, 1.165) is 0 Å². The Balaban J connectivity index is 1.70. The van der Waals surface area contributed by atoms with Crippen LogP contribution in [0.15, 0.2) is 18.2 Å². The van der Waals surface area contributed by atoms with Gasteiger partial charge in [-0.3, -0.25) is 4.79 Å². The van der Waals surface area contributed by atoms with Gasteiger partial charge in [-0.25, -0.2) is 0 Å². The van der Waals surface area contributed by atoms with Crippen molar-refractivity contribution >= 4 is 23.2 Å². The highest BCUT2D eigenvalue weighted by Crippen LogP contribution is 2.57. The molecule has 2 atom stereocenters. The molecule has 1 amide bonds. The lowest BCUT2D eigenvalue weighted by Crippen LogP contribution is -2.16. The summed E-state index contributed by atoms with van der Waals surface area (Å²) in [5.41, 5.74) is 1.10. The van der Waals surface area contributed by atoms with Crippen molar-refractivity contribution < 1.29 is 4.79 Å². The van der Waals surface area contributed by atoms with Gasteiger partial charge in [0.2, 0.25) is 5.91 Å². The number of amides is 1. The van der Waals surface area contributed by atoms with Gasteiger partial charge in [0.05, 0.1) is 22.3 Å². The highest BCUT2D eigenvalue weighted by atomic mass is 35.5. The molecule has 0 spiro atoms. The minimum atomic E-state index is 0.0799. The fraction of sp³-hybridized carbons (Fsp3) is 0.429. The van der Waals surface area contributed by atoms with Crippen LogP contribution in [0.3, 0.4) is 0 Å². The van der Waals surface area contributed by atoms with E-state index < -0.39 is 0 Å². The zero-order chi connectivity index (χ0) is 12.7. The molecule has 2 aliphatic rings. The van der Waals surface area contributed by atoms with Crippen LogP contribution in [0.2, 0.25) is 5.02 Å². The van der Waals surface area contributed by atoms with Crippen molar-refractivity contribution in [3.8, 4) is 6.07 Å². The molecule has 18 heavy (non-hydrogen) atoms. The molecule has 2 fully saturated rings. The summed E-state index contributed by atoms with van der Waals surface area (Å²) in [4.78, 5) is 12.1. The van der Waals surface area contributed by atoms with Crippen molar-refractivity contribution in [1.82, 2.24) is 0 Å². The average molecular weight is 261 g/mol. The molecule has 0 aromatic heterocycles. The lowest BCUT2D eigenvalue weighted by Gasteiger charge is -2.08. The van der Waals surface area contributed by atoms with Gasteiger partial charge in [0.15, 0.2) is 0 Å². The summed E-state index contributed by atoms with van der Waals surface area (Å²) in [7, 11) is 0. The zero-order valence-electron chi connectivity index (χ0n) is 9.82. The summed E-state index contributed by atoms with van der Waals surface area (Å²) in [5.74, 6) is 1.46. The predicted molar refractivity (Wildman–Crippen MR) is 69.1 cm³/mol. The number of hydrogen-bond acceptors (Lipinski definition) is 2. The molecule has 2 saturated carbocycles. The van der Waals surface area contributed by atoms with E-state index in [-0.39, 0.29) is 11.8 Å². The molecule has 0 bridgehead atoms. The van der Waals surface area contributed by atoms with E-state index in [1.54, 1.807) is 18.2 Å². The third-order valence-electron chi connectivity index (χ3n) is 4.07. The Morgan fingerprint density at radius 2 is 2.11 bits per heavy atom. The smallest absolute Gasteiger partial charge is 0.228 e. The quantitative estimate of drug-likeness (QED) is 0.888. The summed E-state index contributed by atoms with van der Waals surface area (Å²) in [5, 5.41) is 12.0. The molecule has 3 nitrogen and oxygen atoms in total. The Hall–Kier alpha value is -1.53. The topological polar surface area (TPSA) is 52.9 Å². The Morgan fingerprint density at radius 1 is 1.39 bits per heavy atom. The molecule has 0 saturated heterocycles. The van der Waals surface area contributed by atoms with Crippen LogP contribution in [0.4, 0.5) is 5.69 Å². The molecule has 2 aliphatic carbocycles. The Labute approximate surface area is 111 Å². The Morgan fingerprint density at radius 3 is 2.72 bits per heavy atom. The second kappa shape index (κ2) is 4.29. The first-order chi connectivity index (χ1) is 8.70. The van der Waals surface area contributed by atoms with Gasteiger partial charge >= 0.3 is 0 Å². The van der Waals surface area contributed by atoms with Crippen LogP contribution in [-0.4, -0.2) is 5.91 Å². The monoisotopic (exact) mass is 260 g/mol. The van der Waals surface area contributed by atoms with Crippen LogP contribution in [-0.2, 0) is 4.79 Å². The third kappa shape index (κ3) is 1.87. The van der Waals surface area contributed by atoms with Gasteiger partial charge in [-0.1, -0.05) is 18.0 Å². The molecule has 0 aliphatic heterocycles. The largest absolute Gasteiger partial charge is 0.325 e. The lowest BCUT2D eigenvalue weighted by atomic mass is 10.1. The molecule has 2 unspecified atom stereocenters. The van der Waals surface area contributed by atoms with Gasteiger partial charge in [0.25, 0.3) is 0 Å². The minimum Gasteiger partial charge on any atom is -0.325 e. The molecule has 0 radical (unpaired) electrons. The highest BCUT2D eigenvalue weighted by Gasteiger charge is 2.56. The second-order valence-corrected chi connectivity index (χ2v) is 5.49. The van der Waals surface area contributed by atoms with Crippen molar-refractivity contribution in [3.05, 3.63) is 28.8 Å². The normalized spacial score (nSPS) is 28.3. The lowest BCUT2D eigenvalue weighted by molar-refractivity contribution is -0.118. The number of anilines is 1. The molecule has 3 rings (SSSR count). The van der Waals surface area contributed by atoms with Crippen molar-refractivity contribution in [2.75, 3.05) is 5.32 Å². The van der Waals surface area contributed by atoms with E-state index in [1.807, 2.05) is 6.07 Å². The van der Waals surface area contributed by atoms with Crippen molar-refractivity contribution in [3.63, 3.8) is 0 Å². The number of benzene rings is 1. The maximum absolute atomic E-state index is 12.1. The average Bonchev–Trinajstić information content (AvgIpc) is 2.86. The third-order valence-corrected chi connectivity index (χ3v) is 4.38. The molecular weight excluding hydrogens is 248 g/mol. The maximum Gasteiger partial charge on any atom is 0.228 e. The fourth-order valence-corrected chi connectivity index (χ4v) is 3.34. The first kappa shape index (κ1) is 11.6. The summed E-state index contributed by atoms with van der Waals surface area (Å²) in [6, 6.07) is 6.95. The van der Waals surface area contributed by atoms with Gasteiger partial charge in [0, 0.05) is 5.92 Å². The fourth-order valence-electron chi connectivity index (χ4n) is 3.11. The van der Waals surface area contributed by atoms with E-state index >= 15 is 0 Å². The molecule has 1 aromatic rings. The predicted octanol–water partition coefficient (Wildman–Crippen LogP) is 3.20. The first-order valence-corrected chi connectivity index (χ1v) is 6.59. The van der Waals surface area contributed by atoms with Gasteiger partial charge in [0.1, 0.15) is 0 Å². The van der Waals surface area contributed by atoms with E-state index in [0.29, 0.717) is 28.1 Å². The van der Waals surface area contributed by atoms with E-state index in [2.05, 4.69) is 5.32 Å². The number of nitriles is 1. The number of fused-ring (bicyclic) bond motifs is 1. The number of carbonyl (C=O) groups excluding carboxylic acids is 1. The van der Waals surface area contributed by atoms with E-state index in [9.17, 15) is 4.79 Å². The Kier molecular flexibility index (Phi) is 2.76. The summed E-state index contributed by atoms with van der Waals surface area (Å²) < 4.78 is 0. The van der Waals surface area contributed by atoms with Crippen LogP contribution in [0.1, 0.15) is 24.8 Å². The first-order valence-electron chi connectivity index (χ1n) is 6.21. The number of hydrogen-bond donors (Lipinski definition) is 1. The second-order valence-electron chi connectivity index (χ2n) is 5.08. The van der Waals surface area contributed by atoms with Gasteiger partial charge in [-0.05, 0) is 42.9 Å². The molecule has 92 valence electrons. The van der Waals surface area contributed by atoms with Crippen LogP contribution < -0.4 is 5.32 Å². The number of carbonyl (C=O) groups is 1. The van der Waals surface area contributed by atoms with E-state index in [1.165, 1.54) is 19.3 Å². The maximum atomic E-state index is 12.1. The van der Waals surface area contributed by atoms with E-state index in [4.69, 9.17) is 16.9 Å². The van der Waals surface area contributed by atoms with Crippen LogP contribution in [0.5, 0.6) is 0 Å². The van der Waals surface area contributed by atoms with Crippen molar-refractivity contribution in [1.29, 1.82) is 5.26 Å². The van der Waals surface area contributed by atoms with Gasteiger partial charge < -0.3 is 5.32 Å². The van der Waals surface area contributed by atoms with Crippen LogP contribution >= 0.6 is 11.6 Å². The van der Waals surface area contributed by atoms with Gasteiger partial charge in [-0.15, -0.1) is 0 Å². The minimum absolute atomic E-state index is 0.0799. The molecule has 0 heterocycles. The summed E-state index contributed by atoms with van der Waals surface area (Å²) >= 11 is 6.03. The highest BCUT2D eigenvalue weighted by molar-refractivity contribution is 6.33. The number of rotatable bonds is 2. The molecular formula is C14H13ClN2O. The summed E-state index contributed by atoms with van der Waals surface area (Å²) in [6.45, 7) is 0. The molecule has 1 N–H and O–H groups in total. The summed E-state index contributed by atoms with van der Waals surface area (Å²) in [6.07, 6.45) is 3.63. The van der Waals surface area contributed by atoms with Crippen molar-refractivity contribution in [2.45, 2.75) is 19.3 Å². The standard InChI is InChI=1S/C14H13ClN2O/c15-11-6-8(7-16)4-5-12(11)17-14(18)13-9-2-1-3-10(9)13/h4-6,9-10,13H,1-3H2,(H,17,18). The number of nitrogens with one attached hydrogen (secondary N) is 1. The number of halogens is 1.